The fourth-order valence-electron chi connectivity index (χ4n) is 2.05. The summed E-state index contributed by atoms with van der Waals surface area (Å²) in [6, 6.07) is 14.1. The Morgan fingerprint density at radius 3 is 2.45 bits per heavy atom. The Kier molecular flexibility index (Phi) is 5.95. The predicted octanol–water partition coefficient (Wildman–Crippen LogP) is 3.33. The van der Waals surface area contributed by atoms with Crippen LogP contribution in [-0.4, -0.2) is 35.9 Å². The number of hydrogen-bond donors (Lipinski definition) is 0. The lowest BCUT2D eigenvalue weighted by Gasteiger charge is -2.26. The minimum atomic E-state index is 0.0737. The van der Waals surface area contributed by atoms with Crippen molar-refractivity contribution in [2.75, 3.05) is 25.0 Å². The first-order valence-electron chi connectivity index (χ1n) is 7.18. The van der Waals surface area contributed by atoms with Gasteiger partial charge >= 0.3 is 0 Å². The van der Waals surface area contributed by atoms with Crippen molar-refractivity contribution in [2.45, 2.75) is 13.5 Å². The first-order valence-corrected chi connectivity index (χ1v) is 7.97. The molecule has 0 unspecified atom stereocenters. The summed E-state index contributed by atoms with van der Waals surface area (Å²) >= 11 is 3.45. The van der Waals surface area contributed by atoms with Gasteiger partial charge in [0.25, 0.3) is 0 Å². The number of likely N-dealkylation sites (N-methyl/N-ethyl adjacent to an activating group) is 1. The van der Waals surface area contributed by atoms with Crippen molar-refractivity contribution in [3.05, 3.63) is 58.7 Å². The van der Waals surface area contributed by atoms with Crippen LogP contribution in [0.1, 0.15) is 12.5 Å². The second kappa shape index (κ2) is 7.94. The van der Waals surface area contributed by atoms with Gasteiger partial charge in [-0.1, -0.05) is 34.1 Å². The number of halogens is 1. The average molecular weight is 362 g/mol. The minimum Gasteiger partial charge on any atom is -0.351 e. The summed E-state index contributed by atoms with van der Waals surface area (Å²) in [7, 11) is 1.82. The Balaban J connectivity index is 2.11. The molecule has 0 saturated carbocycles. The first kappa shape index (κ1) is 16.5. The van der Waals surface area contributed by atoms with E-state index in [4.69, 9.17) is 0 Å². The van der Waals surface area contributed by atoms with Crippen molar-refractivity contribution in [3.63, 3.8) is 0 Å². The summed E-state index contributed by atoms with van der Waals surface area (Å²) in [4.78, 5) is 19.7. The van der Waals surface area contributed by atoms with Gasteiger partial charge in [0.15, 0.2) is 0 Å². The van der Waals surface area contributed by atoms with E-state index in [0.29, 0.717) is 6.54 Å². The molecule has 4 nitrogen and oxygen atoms in total. The zero-order valence-electron chi connectivity index (χ0n) is 12.9. The minimum absolute atomic E-state index is 0.0737. The molecule has 0 atom stereocenters. The Hall–Kier alpha value is -1.88. The first-order chi connectivity index (χ1) is 10.6. The molecule has 0 saturated heterocycles. The van der Waals surface area contributed by atoms with Gasteiger partial charge in [0, 0.05) is 44.3 Å². The molecule has 0 spiro atoms. The van der Waals surface area contributed by atoms with E-state index in [0.717, 1.165) is 23.4 Å². The highest BCUT2D eigenvalue weighted by Crippen LogP contribution is 2.16. The number of carbonyl (C=O) groups is 1. The van der Waals surface area contributed by atoms with E-state index >= 15 is 0 Å². The summed E-state index contributed by atoms with van der Waals surface area (Å²) < 4.78 is 1.07. The second-order valence-corrected chi connectivity index (χ2v) is 6.09. The van der Waals surface area contributed by atoms with E-state index in [-0.39, 0.29) is 5.91 Å². The van der Waals surface area contributed by atoms with Crippen LogP contribution in [0.3, 0.4) is 0 Å². The Bertz CT molecular complexity index is 601. The van der Waals surface area contributed by atoms with Crippen molar-refractivity contribution in [1.82, 2.24) is 9.88 Å². The summed E-state index contributed by atoms with van der Waals surface area (Å²) in [5.74, 6) is 0.993. The lowest BCUT2D eigenvalue weighted by Crippen LogP contribution is -2.35. The van der Waals surface area contributed by atoms with Crippen LogP contribution in [0.15, 0.2) is 53.1 Å². The van der Waals surface area contributed by atoms with Gasteiger partial charge < -0.3 is 9.80 Å². The van der Waals surface area contributed by atoms with Gasteiger partial charge in [-0.15, -0.1) is 0 Å². The van der Waals surface area contributed by atoms with Crippen molar-refractivity contribution in [2.24, 2.45) is 0 Å². The highest BCUT2D eigenvalue weighted by Gasteiger charge is 2.11. The molecule has 2 rings (SSSR count). The Labute approximate surface area is 139 Å². The number of nitrogens with zero attached hydrogens (tertiary/aromatic N) is 3. The molecule has 22 heavy (non-hydrogen) atoms. The van der Waals surface area contributed by atoms with Gasteiger partial charge in [0.1, 0.15) is 5.82 Å². The van der Waals surface area contributed by atoms with Crippen molar-refractivity contribution >= 4 is 27.7 Å². The molecule has 0 radical (unpaired) electrons. The third-order valence-electron chi connectivity index (χ3n) is 3.50. The van der Waals surface area contributed by atoms with Gasteiger partial charge in [-0.3, -0.25) is 4.79 Å². The molecule has 1 heterocycles. The van der Waals surface area contributed by atoms with E-state index in [1.165, 1.54) is 5.56 Å². The topological polar surface area (TPSA) is 36.4 Å². The van der Waals surface area contributed by atoms with Gasteiger partial charge in [-0.05, 0) is 29.8 Å². The molecule has 0 bridgehead atoms. The normalized spacial score (nSPS) is 10.3. The van der Waals surface area contributed by atoms with E-state index in [1.54, 1.807) is 18.0 Å². The summed E-state index contributed by atoms with van der Waals surface area (Å²) in [6.07, 6.45) is 1.79. The highest BCUT2D eigenvalue weighted by atomic mass is 79.9. The van der Waals surface area contributed by atoms with Crippen LogP contribution in [0.25, 0.3) is 0 Å². The van der Waals surface area contributed by atoms with Crippen LogP contribution in [0, 0.1) is 0 Å². The monoisotopic (exact) mass is 361 g/mol. The van der Waals surface area contributed by atoms with Crippen LogP contribution in [-0.2, 0) is 11.3 Å². The number of carbonyl (C=O) groups excluding carboxylic acids is 1. The number of amides is 1. The average Bonchev–Trinajstić information content (AvgIpc) is 2.53. The zero-order chi connectivity index (χ0) is 15.9. The number of benzene rings is 1. The summed E-state index contributed by atoms with van der Waals surface area (Å²) in [6.45, 7) is 3.75. The molecule has 2 aromatic rings. The number of anilines is 1. The fraction of sp³-hybridized carbons (Fsp3) is 0.294. The third-order valence-corrected chi connectivity index (χ3v) is 4.03. The maximum absolute atomic E-state index is 11.4. The smallest absolute Gasteiger partial charge is 0.219 e. The van der Waals surface area contributed by atoms with Crippen molar-refractivity contribution < 1.29 is 4.79 Å². The van der Waals surface area contributed by atoms with Gasteiger partial charge in [-0.2, -0.15) is 0 Å². The molecular formula is C17H20BrN3O. The summed E-state index contributed by atoms with van der Waals surface area (Å²) in [5.41, 5.74) is 1.21. The van der Waals surface area contributed by atoms with Gasteiger partial charge in [0.05, 0.1) is 0 Å². The van der Waals surface area contributed by atoms with Crippen LogP contribution in [0.2, 0.25) is 0 Å². The molecule has 0 aliphatic rings. The lowest BCUT2D eigenvalue weighted by molar-refractivity contribution is -0.127. The number of aromatic nitrogens is 1. The number of pyridine rings is 1. The van der Waals surface area contributed by atoms with Crippen molar-refractivity contribution in [3.8, 4) is 0 Å². The molecule has 0 N–H and O–H groups in total. The van der Waals surface area contributed by atoms with E-state index in [1.807, 2.05) is 37.4 Å². The van der Waals surface area contributed by atoms with E-state index < -0.39 is 0 Å². The largest absolute Gasteiger partial charge is 0.351 e. The van der Waals surface area contributed by atoms with E-state index in [2.05, 4.69) is 37.9 Å². The van der Waals surface area contributed by atoms with Crippen molar-refractivity contribution in [1.29, 1.82) is 0 Å². The second-order valence-electron chi connectivity index (χ2n) is 5.18. The number of hydrogen-bond acceptors (Lipinski definition) is 3. The summed E-state index contributed by atoms with van der Waals surface area (Å²) in [5, 5.41) is 0. The molecule has 0 aliphatic heterocycles. The van der Waals surface area contributed by atoms with Gasteiger partial charge in [-0.25, -0.2) is 4.98 Å². The maximum atomic E-state index is 11.4. The quantitative estimate of drug-likeness (QED) is 0.791. The standard InChI is InChI=1S/C17H20BrN3O/c1-14(22)20(2)11-12-21(17-5-3-4-10-19-17)13-15-6-8-16(18)9-7-15/h3-10H,11-13H2,1-2H3. The van der Waals surface area contributed by atoms with Crippen LogP contribution in [0.4, 0.5) is 5.82 Å². The zero-order valence-corrected chi connectivity index (χ0v) is 14.5. The molecule has 1 aromatic heterocycles. The van der Waals surface area contributed by atoms with Gasteiger partial charge in [0.2, 0.25) is 5.91 Å². The predicted molar refractivity (Wildman–Crippen MR) is 92.7 cm³/mol. The Morgan fingerprint density at radius 1 is 1.14 bits per heavy atom. The van der Waals surface area contributed by atoms with Crippen LogP contribution in [0.5, 0.6) is 0 Å². The lowest BCUT2D eigenvalue weighted by atomic mass is 10.2. The SMILES string of the molecule is CC(=O)N(C)CCN(Cc1ccc(Br)cc1)c1ccccn1. The molecule has 1 aromatic carbocycles. The van der Waals surface area contributed by atoms with Crippen LogP contribution < -0.4 is 4.90 Å². The fourth-order valence-corrected chi connectivity index (χ4v) is 2.32. The highest BCUT2D eigenvalue weighted by molar-refractivity contribution is 9.10. The van der Waals surface area contributed by atoms with Crippen LogP contribution >= 0.6 is 15.9 Å². The third kappa shape index (κ3) is 4.84. The molecule has 0 aliphatic carbocycles. The molecule has 116 valence electrons. The van der Waals surface area contributed by atoms with E-state index in [9.17, 15) is 4.79 Å². The number of rotatable bonds is 6. The molecule has 0 fully saturated rings. The molecule has 5 heteroatoms. The molecular weight excluding hydrogens is 342 g/mol. The maximum Gasteiger partial charge on any atom is 0.219 e. The molecule has 1 amide bonds. The Morgan fingerprint density at radius 2 is 1.86 bits per heavy atom.